The summed E-state index contributed by atoms with van der Waals surface area (Å²) in [5.74, 6) is 0.447. The van der Waals surface area contributed by atoms with Crippen molar-refractivity contribution in [3.05, 3.63) is 53.1 Å². The monoisotopic (exact) mass is 381 g/mol. The van der Waals surface area contributed by atoms with Gasteiger partial charge in [0.25, 0.3) is 5.91 Å². The maximum absolute atomic E-state index is 12.9. The van der Waals surface area contributed by atoms with Crippen molar-refractivity contribution in [2.75, 3.05) is 42.1 Å². The SMILES string of the molecule is Cc1cccc(N2CCN(C(=O)c3ccc4c(c3)NC(=O)CS4)CC2)c1C. The largest absolute Gasteiger partial charge is 0.368 e. The van der Waals surface area contributed by atoms with E-state index in [2.05, 4.69) is 42.3 Å². The highest BCUT2D eigenvalue weighted by atomic mass is 32.2. The van der Waals surface area contributed by atoms with Gasteiger partial charge in [0.15, 0.2) is 0 Å². The fraction of sp³-hybridized carbons (Fsp3) is 0.333. The van der Waals surface area contributed by atoms with Crippen molar-refractivity contribution in [3.63, 3.8) is 0 Å². The van der Waals surface area contributed by atoms with Gasteiger partial charge in [-0.15, -0.1) is 11.8 Å². The smallest absolute Gasteiger partial charge is 0.254 e. The van der Waals surface area contributed by atoms with Crippen LogP contribution in [0.3, 0.4) is 0 Å². The second-order valence-electron chi connectivity index (χ2n) is 7.05. The van der Waals surface area contributed by atoms with Crippen molar-refractivity contribution < 1.29 is 9.59 Å². The van der Waals surface area contributed by atoms with Crippen LogP contribution in [-0.4, -0.2) is 48.6 Å². The average Bonchev–Trinajstić information content (AvgIpc) is 2.69. The van der Waals surface area contributed by atoms with Crippen molar-refractivity contribution in [1.29, 1.82) is 0 Å². The molecule has 2 heterocycles. The minimum Gasteiger partial charge on any atom is -0.368 e. The lowest BCUT2D eigenvalue weighted by Crippen LogP contribution is -2.49. The maximum atomic E-state index is 12.9. The Morgan fingerprint density at radius 3 is 2.63 bits per heavy atom. The van der Waals surface area contributed by atoms with Crippen LogP contribution in [0, 0.1) is 13.8 Å². The first kappa shape index (κ1) is 17.9. The molecule has 2 aliphatic heterocycles. The number of fused-ring (bicyclic) bond motifs is 1. The van der Waals surface area contributed by atoms with Gasteiger partial charge in [-0.2, -0.15) is 0 Å². The predicted molar refractivity (Wildman–Crippen MR) is 110 cm³/mol. The quantitative estimate of drug-likeness (QED) is 0.867. The standard InChI is InChI=1S/C21H23N3O2S/c1-14-4-3-5-18(15(14)2)23-8-10-24(11-9-23)21(26)16-6-7-19-17(12-16)22-20(25)13-27-19/h3-7,12H,8-11,13H2,1-2H3,(H,22,25). The molecule has 2 aromatic rings. The first-order valence-electron chi connectivity index (χ1n) is 9.20. The lowest BCUT2D eigenvalue weighted by molar-refractivity contribution is -0.113. The zero-order valence-corrected chi connectivity index (χ0v) is 16.4. The summed E-state index contributed by atoms with van der Waals surface area (Å²) in [4.78, 5) is 29.8. The molecule has 0 aliphatic carbocycles. The molecule has 0 unspecified atom stereocenters. The number of carbonyl (C=O) groups is 2. The Hall–Kier alpha value is -2.47. The van der Waals surface area contributed by atoms with Crippen LogP contribution in [0.1, 0.15) is 21.5 Å². The molecule has 0 radical (unpaired) electrons. The highest BCUT2D eigenvalue weighted by molar-refractivity contribution is 8.00. The third-order valence-corrected chi connectivity index (χ3v) is 6.42. The van der Waals surface area contributed by atoms with Crippen molar-refractivity contribution in [1.82, 2.24) is 4.90 Å². The molecule has 1 fully saturated rings. The number of aryl methyl sites for hydroxylation is 1. The molecule has 0 bridgehead atoms. The Bertz CT molecular complexity index is 904. The maximum Gasteiger partial charge on any atom is 0.254 e. The van der Waals surface area contributed by atoms with Crippen molar-refractivity contribution in [3.8, 4) is 0 Å². The molecule has 0 aromatic heterocycles. The molecule has 0 spiro atoms. The normalized spacial score (nSPS) is 16.7. The van der Waals surface area contributed by atoms with Gasteiger partial charge in [0.05, 0.1) is 11.4 Å². The number of hydrogen-bond donors (Lipinski definition) is 1. The van der Waals surface area contributed by atoms with Crippen LogP contribution in [0.15, 0.2) is 41.3 Å². The van der Waals surface area contributed by atoms with Gasteiger partial charge in [-0.25, -0.2) is 0 Å². The van der Waals surface area contributed by atoms with Crippen LogP contribution >= 0.6 is 11.8 Å². The molecule has 6 heteroatoms. The molecule has 2 aliphatic rings. The first-order chi connectivity index (χ1) is 13.0. The molecule has 27 heavy (non-hydrogen) atoms. The Kier molecular flexibility index (Phi) is 4.83. The molecule has 0 saturated carbocycles. The molecule has 4 rings (SSSR count). The van der Waals surface area contributed by atoms with Crippen LogP contribution in [0.4, 0.5) is 11.4 Å². The van der Waals surface area contributed by atoms with Crippen molar-refractivity contribution >= 4 is 35.0 Å². The van der Waals surface area contributed by atoms with E-state index in [4.69, 9.17) is 0 Å². The minimum absolute atomic E-state index is 0.0146. The van der Waals surface area contributed by atoms with Crippen molar-refractivity contribution in [2.45, 2.75) is 18.7 Å². The van der Waals surface area contributed by atoms with Gasteiger partial charge in [0.1, 0.15) is 0 Å². The highest BCUT2D eigenvalue weighted by Gasteiger charge is 2.24. The molecule has 1 N–H and O–H groups in total. The van der Waals surface area contributed by atoms with E-state index in [1.165, 1.54) is 28.6 Å². The summed E-state index contributed by atoms with van der Waals surface area (Å²) < 4.78 is 0. The Labute approximate surface area is 163 Å². The molecular formula is C21H23N3O2S. The van der Waals surface area contributed by atoms with Gasteiger partial charge in [0.2, 0.25) is 5.91 Å². The third kappa shape index (κ3) is 3.54. The number of benzene rings is 2. The topological polar surface area (TPSA) is 52.6 Å². The summed E-state index contributed by atoms with van der Waals surface area (Å²) in [7, 11) is 0. The van der Waals surface area contributed by atoms with E-state index in [9.17, 15) is 9.59 Å². The summed E-state index contributed by atoms with van der Waals surface area (Å²) in [6, 6.07) is 12.0. The highest BCUT2D eigenvalue weighted by Crippen LogP contribution is 2.32. The molecular weight excluding hydrogens is 358 g/mol. The van der Waals surface area contributed by atoms with E-state index in [1.807, 2.05) is 17.0 Å². The lowest BCUT2D eigenvalue weighted by atomic mass is 10.1. The number of rotatable bonds is 2. The summed E-state index contributed by atoms with van der Waals surface area (Å²) in [5, 5.41) is 2.86. The van der Waals surface area contributed by atoms with E-state index >= 15 is 0 Å². The molecule has 0 atom stereocenters. The van der Waals surface area contributed by atoms with Gasteiger partial charge in [-0.3, -0.25) is 9.59 Å². The van der Waals surface area contributed by atoms with Crippen LogP contribution in [0.5, 0.6) is 0 Å². The molecule has 1 saturated heterocycles. The van der Waals surface area contributed by atoms with Crippen LogP contribution in [0.2, 0.25) is 0 Å². The van der Waals surface area contributed by atoms with Gasteiger partial charge >= 0.3 is 0 Å². The van der Waals surface area contributed by atoms with E-state index in [0.717, 1.165) is 23.7 Å². The van der Waals surface area contributed by atoms with E-state index in [-0.39, 0.29) is 11.8 Å². The van der Waals surface area contributed by atoms with Crippen LogP contribution in [-0.2, 0) is 4.79 Å². The second-order valence-corrected chi connectivity index (χ2v) is 8.06. The number of piperazine rings is 1. The predicted octanol–water partition coefficient (Wildman–Crippen LogP) is 3.31. The van der Waals surface area contributed by atoms with E-state index < -0.39 is 0 Å². The first-order valence-corrected chi connectivity index (χ1v) is 10.2. The average molecular weight is 382 g/mol. The molecule has 140 valence electrons. The number of carbonyl (C=O) groups excluding carboxylic acids is 2. The van der Waals surface area contributed by atoms with Gasteiger partial charge < -0.3 is 15.1 Å². The molecule has 5 nitrogen and oxygen atoms in total. The minimum atomic E-state index is -0.0146. The summed E-state index contributed by atoms with van der Waals surface area (Å²) >= 11 is 1.51. The fourth-order valence-electron chi connectivity index (χ4n) is 3.63. The summed E-state index contributed by atoms with van der Waals surface area (Å²) in [6.45, 7) is 7.34. The Balaban J connectivity index is 1.45. The number of nitrogens with one attached hydrogen (secondary N) is 1. The van der Waals surface area contributed by atoms with Gasteiger partial charge in [0, 0.05) is 42.3 Å². The number of anilines is 2. The lowest BCUT2D eigenvalue weighted by Gasteiger charge is -2.37. The van der Waals surface area contributed by atoms with Gasteiger partial charge in [-0.05, 0) is 49.2 Å². The van der Waals surface area contributed by atoms with Crippen LogP contribution < -0.4 is 10.2 Å². The van der Waals surface area contributed by atoms with Gasteiger partial charge in [-0.1, -0.05) is 12.1 Å². The van der Waals surface area contributed by atoms with E-state index in [1.54, 1.807) is 6.07 Å². The third-order valence-electron chi connectivity index (χ3n) is 5.34. The molecule has 2 aromatic carbocycles. The number of amides is 2. The fourth-order valence-corrected chi connectivity index (χ4v) is 4.42. The number of thioether (sulfide) groups is 1. The Morgan fingerprint density at radius 1 is 1.07 bits per heavy atom. The summed E-state index contributed by atoms with van der Waals surface area (Å²) in [6.07, 6.45) is 0. The number of nitrogens with zero attached hydrogens (tertiary/aromatic N) is 2. The van der Waals surface area contributed by atoms with Crippen molar-refractivity contribution in [2.24, 2.45) is 0 Å². The van der Waals surface area contributed by atoms with Crippen LogP contribution in [0.25, 0.3) is 0 Å². The second kappa shape index (κ2) is 7.27. The zero-order chi connectivity index (χ0) is 19.0. The zero-order valence-electron chi connectivity index (χ0n) is 15.6. The van der Waals surface area contributed by atoms with E-state index in [0.29, 0.717) is 24.4 Å². The summed E-state index contributed by atoms with van der Waals surface area (Å²) in [5.41, 5.74) is 5.24. The molecule has 2 amide bonds. The Morgan fingerprint density at radius 2 is 1.85 bits per heavy atom. The number of hydrogen-bond acceptors (Lipinski definition) is 4.